The number of aromatic amines is 1. The van der Waals surface area contributed by atoms with Crippen molar-refractivity contribution < 1.29 is 4.52 Å². The Balaban J connectivity index is 1.64. The quantitative estimate of drug-likeness (QED) is 0.393. The predicted molar refractivity (Wildman–Crippen MR) is 117 cm³/mol. The van der Waals surface area contributed by atoms with Crippen LogP contribution in [-0.2, 0) is 0 Å². The Bertz CT molecular complexity index is 1330. The molecule has 0 saturated carbocycles. The Hall–Kier alpha value is -3.39. The zero-order valence-corrected chi connectivity index (χ0v) is 17.6. The number of hydrogen-bond acceptors (Lipinski definition) is 6. The summed E-state index contributed by atoms with van der Waals surface area (Å²) in [6.07, 6.45) is 1.99. The van der Waals surface area contributed by atoms with E-state index in [1.54, 1.807) is 11.8 Å². The van der Waals surface area contributed by atoms with E-state index >= 15 is 0 Å². The minimum Gasteiger partial charge on any atom is -0.360 e. The SMILES string of the molecule is Cc1cccc(-n2c(SC(C)c3nc(C)no3)nnc2-c2c[nH]c3ccccc23)c1. The summed E-state index contributed by atoms with van der Waals surface area (Å²) in [5.41, 5.74) is 4.25. The van der Waals surface area contributed by atoms with E-state index in [-0.39, 0.29) is 5.25 Å². The zero-order chi connectivity index (χ0) is 20.7. The lowest BCUT2D eigenvalue weighted by Gasteiger charge is -2.12. The lowest BCUT2D eigenvalue weighted by molar-refractivity contribution is 0.376. The third-order valence-corrected chi connectivity index (χ3v) is 5.93. The van der Waals surface area contributed by atoms with Gasteiger partial charge in [-0.15, -0.1) is 10.2 Å². The molecule has 150 valence electrons. The molecule has 0 fully saturated rings. The van der Waals surface area contributed by atoms with Gasteiger partial charge in [-0.25, -0.2) is 0 Å². The number of benzene rings is 2. The van der Waals surface area contributed by atoms with Crippen molar-refractivity contribution >= 4 is 22.7 Å². The number of aromatic nitrogens is 6. The molecule has 8 heteroatoms. The van der Waals surface area contributed by atoms with Crippen molar-refractivity contribution in [3.63, 3.8) is 0 Å². The second-order valence-electron chi connectivity index (χ2n) is 7.17. The molecule has 0 spiro atoms. The highest BCUT2D eigenvalue weighted by molar-refractivity contribution is 7.99. The third-order valence-electron chi connectivity index (χ3n) is 4.90. The standard InChI is InChI=1S/C22H20N6OS/c1-13-7-6-8-16(11-13)28-20(18-12-23-19-10-5-4-9-17(18)19)25-26-22(28)30-14(2)21-24-15(3)27-29-21/h4-12,14,23H,1-3H3. The maximum absolute atomic E-state index is 5.36. The van der Waals surface area contributed by atoms with Crippen LogP contribution >= 0.6 is 11.8 Å². The summed E-state index contributed by atoms with van der Waals surface area (Å²) in [7, 11) is 0. The highest BCUT2D eigenvalue weighted by Gasteiger charge is 2.23. The van der Waals surface area contributed by atoms with Gasteiger partial charge in [0.25, 0.3) is 0 Å². The number of para-hydroxylation sites is 1. The first-order valence-corrected chi connectivity index (χ1v) is 10.5. The molecule has 0 aliphatic rings. The maximum Gasteiger partial charge on any atom is 0.239 e. The maximum atomic E-state index is 5.36. The van der Waals surface area contributed by atoms with Gasteiger partial charge in [0.05, 0.1) is 5.25 Å². The topological polar surface area (TPSA) is 85.4 Å². The summed E-state index contributed by atoms with van der Waals surface area (Å²) >= 11 is 1.54. The number of thioether (sulfide) groups is 1. The first-order chi connectivity index (χ1) is 14.6. The summed E-state index contributed by atoms with van der Waals surface area (Å²) in [6.45, 7) is 5.92. The van der Waals surface area contributed by atoms with Crippen LogP contribution in [0.3, 0.4) is 0 Å². The van der Waals surface area contributed by atoms with Gasteiger partial charge in [-0.2, -0.15) is 4.98 Å². The lowest BCUT2D eigenvalue weighted by atomic mass is 10.1. The molecule has 0 aliphatic carbocycles. The summed E-state index contributed by atoms with van der Waals surface area (Å²) in [5, 5.41) is 14.8. The van der Waals surface area contributed by atoms with Crippen molar-refractivity contribution in [3.05, 3.63) is 72.0 Å². The first-order valence-electron chi connectivity index (χ1n) is 9.66. The van der Waals surface area contributed by atoms with Gasteiger partial charge in [-0.3, -0.25) is 4.57 Å². The number of nitrogens with one attached hydrogen (secondary N) is 1. The summed E-state index contributed by atoms with van der Waals surface area (Å²) in [4.78, 5) is 7.69. The summed E-state index contributed by atoms with van der Waals surface area (Å²) in [6, 6.07) is 16.5. The molecule has 7 nitrogen and oxygen atoms in total. The molecule has 3 heterocycles. The number of nitrogens with zero attached hydrogens (tertiary/aromatic N) is 5. The van der Waals surface area contributed by atoms with E-state index in [1.165, 1.54) is 5.56 Å². The smallest absolute Gasteiger partial charge is 0.239 e. The Kier molecular flexibility index (Phi) is 4.63. The molecule has 0 amide bonds. The third kappa shape index (κ3) is 3.29. The molecule has 1 N–H and O–H groups in total. The van der Waals surface area contributed by atoms with E-state index in [2.05, 4.69) is 67.1 Å². The van der Waals surface area contributed by atoms with Crippen molar-refractivity contribution in [2.24, 2.45) is 0 Å². The second-order valence-corrected chi connectivity index (χ2v) is 8.48. The van der Waals surface area contributed by atoms with E-state index in [9.17, 15) is 0 Å². The van der Waals surface area contributed by atoms with Crippen molar-refractivity contribution in [2.75, 3.05) is 0 Å². The molecule has 0 radical (unpaired) electrons. The lowest BCUT2D eigenvalue weighted by Crippen LogP contribution is -2.01. The Morgan fingerprint density at radius 1 is 1.07 bits per heavy atom. The minimum absolute atomic E-state index is 0.0604. The average Bonchev–Trinajstić information content (AvgIpc) is 3.46. The van der Waals surface area contributed by atoms with E-state index in [4.69, 9.17) is 4.52 Å². The van der Waals surface area contributed by atoms with Gasteiger partial charge < -0.3 is 9.51 Å². The van der Waals surface area contributed by atoms with Crippen LogP contribution in [0.2, 0.25) is 0 Å². The van der Waals surface area contributed by atoms with Gasteiger partial charge in [0.1, 0.15) is 0 Å². The van der Waals surface area contributed by atoms with E-state index in [0.29, 0.717) is 11.7 Å². The van der Waals surface area contributed by atoms with E-state index in [1.807, 2.05) is 38.2 Å². The Morgan fingerprint density at radius 3 is 2.73 bits per heavy atom. The highest BCUT2D eigenvalue weighted by atomic mass is 32.2. The van der Waals surface area contributed by atoms with Crippen LogP contribution in [0.4, 0.5) is 0 Å². The molecular weight excluding hydrogens is 396 g/mol. The van der Waals surface area contributed by atoms with Crippen LogP contribution in [-0.4, -0.2) is 29.9 Å². The number of fused-ring (bicyclic) bond motifs is 1. The van der Waals surface area contributed by atoms with Crippen LogP contribution in [0, 0.1) is 13.8 Å². The molecule has 0 bridgehead atoms. The molecule has 0 saturated heterocycles. The fourth-order valence-corrected chi connectivity index (χ4v) is 4.36. The van der Waals surface area contributed by atoms with Gasteiger partial charge in [-0.05, 0) is 44.5 Å². The molecular formula is C22H20N6OS. The van der Waals surface area contributed by atoms with Crippen LogP contribution in [0.5, 0.6) is 0 Å². The van der Waals surface area contributed by atoms with Crippen molar-refractivity contribution in [1.29, 1.82) is 0 Å². The highest BCUT2D eigenvalue weighted by Crippen LogP contribution is 2.37. The van der Waals surface area contributed by atoms with Crippen molar-refractivity contribution in [2.45, 2.75) is 31.2 Å². The Morgan fingerprint density at radius 2 is 1.93 bits per heavy atom. The molecule has 1 unspecified atom stereocenters. The van der Waals surface area contributed by atoms with Crippen LogP contribution in [0.1, 0.15) is 29.5 Å². The fraction of sp³-hybridized carbons (Fsp3) is 0.182. The molecule has 5 rings (SSSR count). The minimum atomic E-state index is -0.0604. The van der Waals surface area contributed by atoms with Crippen LogP contribution in [0.15, 0.2) is 64.4 Å². The normalized spacial score (nSPS) is 12.5. The van der Waals surface area contributed by atoms with Gasteiger partial charge in [0, 0.05) is 28.4 Å². The van der Waals surface area contributed by atoms with Gasteiger partial charge in [-0.1, -0.05) is 47.3 Å². The van der Waals surface area contributed by atoms with Crippen molar-refractivity contribution in [3.8, 4) is 17.1 Å². The Labute approximate surface area is 177 Å². The molecule has 0 aliphatic heterocycles. The van der Waals surface area contributed by atoms with Gasteiger partial charge in [0.15, 0.2) is 16.8 Å². The van der Waals surface area contributed by atoms with Crippen LogP contribution < -0.4 is 0 Å². The largest absolute Gasteiger partial charge is 0.360 e. The fourth-order valence-electron chi connectivity index (χ4n) is 3.46. The molecule has 3 aromatic heterocycles. The number of rotatable bonds is 5. The van der Waals surface area contributed by atoms with Gasteiger partial charge >= 0.3 is 0 Å². The summed E-state index contributed by atoms with van der Waals surface area (Å²) in [5.74, 6) is 1.98. The monoisotopic (exact) mass is 416 g/mol. The molecule has 5 aromatic rings. The van der Waals surface area contributed by atoms with Gasteiger partial charge in [0.2, 0.25) is 5.89 Å². The first kappa shape index (κ1) is 18.6. The van der Waals surface area contributed by atoms with Crippen LogP contribution in [0.25, 0.3) is 28.0 Å². The van der Waals surface area contributed by atoms with E-state index < -0.39 is 0 Å². The number of aryl methyl sites for hydroxylation is 2. The second kappa shape index (κ2) is 7.46. The molecule has 1 atom stereocenters. The summed E-state index contributed by atoms with van der Waals surface area (Å²) < 4.78 is 7.45. The molecule has 2 aromatic carbocycles. The average molecular weight is 417 g/mol. The zero-order valence-electron chi connectivity index (χ0n) is 16.8. The predicted octanol–water partition coefficient (Wildman–Crippen LogP) is 5.27. The number of H-pyrrole nitrogens is 1. The number of hydrogen-bond donors (Lipinski definition) is 1. The van der Waals surface area contributed by atoms with Crippen molar-refractivity contribution in [1.82, 2.24) is 29.9 Å². The van der Waals surface area contributed by atoms with E-state index in [0.717, 1.165) is 33.1 Å². The molecule has 30 heavy (non-hydrogen) atoms.